The van der Waals surface area contributed by atoms with Crippen LogP contribution in [0.3, 0.4) is 0 Å². The Balaban J connectivity index is 1.67. The third kappa shape index (κ3) is 5.66. The van der Waals surface area contributed by atoms with Crippen molar-refractivity contribution >= 4 is 23.9 Å². The Bertz CT molecular complexity index is 910. The van der Waals surface area contributed by atoms with Crippen molar-refractivity contribution in [1.82, 2.24) is 10.4 Å². The number of imide groups is 1. The first kappa shape index (κ1) is 21.0. The number of rotatable bonds is 7. The predicted molar refractivity (Wildman–Crippen MR) is 106 cm³/mol. The van der Waals surface area contributed by atoms with Crippen LogP contribution in [0.4, 0.5) is 4.79 Å². The van der Waals surface area contributed by atoms with Crippen molar-refractivity contribution in [3.05, 3.63) is 71.3 Å². The van der Waals surface area contributed by atoms with Crippen LogP contribution >= 0.6 is 0 Å². The lowest BCUT2D eigenvalue weighted by atomic mass is 10.0. The van der Waals surface area contributed by atoms with Crippen molar-refractivity contribution in [2.45, 2.75) is 38.8 Å². The molecule has 0 aromatic heterocycles. The van der Waals surface area contributed by atoms with Crippen molar-refractivity contribution in [1.29, 1.82) is 0 Å². The molecule has 0 spiro atoms. The summed E-state index contributed by atoms with van der Waals surface area (Å²) in [7, 11) is 0. The zero-order valence-corrected chi connectivity index (χ0v) is 16.5. The number of carbonyl (C=O) groups is 4. The van der Waals surface area contributed by atoms with E-state index >= 15 is 0 Å². The quantitative estimate of drug-likeness (QED) is 0.704. The van der Waals surface area contributed by atoms with E-state index in [1.165, 1.54) is 0 Å². The van der Waals surface area contributed by atoms with Gasteiger partial charge in [-0.2, -0.15) is 0 Å². The van der Waals surface area contributed by atoms with Crippen LogP contribution < -0.4 is 5.32 Å². The lowest BCUT2D eigenvalue weighted by molar-refractivity contribution is -0.198. The second-order valence-electron chi connectivity index (χ2n) is 6.94. The smallest absolute Gasteiger partial charge is 0.408 e. The Hall–Kier alpha value is -3.68. The molecular formula is C22H22N2O6. The first-order valence-electron chi connectivity index (χ1n) is 9.53. The zero-order chi connectivity index (χ0) is 21.5. The molecule has 30 heavy (non-hydrogen) atoms. The second kappa shape index (κ2) is 9.69. The van der Waals surface area contributed by atoms with E-state index in [1.807, 2.05) is 49.4 Å². The maximum Gasteiger partial charge on any atom is 0.408 e. The van der Waals surface area contributed by atoms with Crippen molar-refractivity contribution < 1.29 is 28.8 Å². The van der Waals surface area contributed by atoms with E-state index in [9.17, 15) is 19.2 Å². The van der Waals surface area contributed by atoms with Gasteiger partial charge in [-0.15, -0.1) is 5.06 Å². The molecule has 1 atom stereocenters. The van der Waals surface area contributed by atoms with Crippen LogP contribution in [0.1, 0.15) is 29.5 Å². The van der Waals surface area contributed by atoms with Crippen molar-refractivity contribution in [2.24, 2.45) is 0 Å². The largest absolute Gasteiger partial charge is 0.445 e. The maximum atomic E-state index is 12.6. The van der Waals surface area contributed by atoms with Crippen LogP contribution in [-0.4, -0.2) is 35.0 Å². The highest BCUT2D eigenvalue weighted by atomic mass is 16.7. The highest BCUT2D eigenvalue weighted by Gasteiger charge is 2.35. The summed E-state index contributed by atoms with van der Waals surface area (Å²) >= 11 is 0. The molecule has 0 radical (unpaired) electrons. The lowest BCUT2D eigenvalue weighted by Crippen LogP contribution is -2.46. The number of benzene rings is 2. The van der Waals surface area contributed by atoms with Gasteiger partial charge < -0.3 is 14.9 Å². The lowest BCUT2D eigenvalue weighted by Gasteiger charge is -2.20. The molecule has 0 saturated carbocycles. The highest BCUT2D eigenvalue weighted by molar-refractivity contribution is 6.01. The van der Waals surface area contributed by atoms with Gasteiger partial charge in [-0.3, -0.25) is 9.59 Å². The van der Waals surface area contributed by atoms with Crippen LogP contribution in [0, 0.1) is 6.92 Å². The minimum Gasteiger partial charge on any atom is -0.445 e. The molecular weight excluding hydrogens is 388 g/mol. The summed E-state index contributed by atoms with van der Waals surface area (Å²) in [6.07, 6.45) is -0.731. The second-order valence-corrected chi connectivity index (χ2v) is 6.94. The third-order valence-electron chi connectivity index (χ3n) is 4.54. The minimum atomic E-state index is -1.14. The molecule has 1 saturated heterocycles. The Morgan fingerprint density at radius 3 is 2.23 bits per heavy atom. The van der Waals surface area contributed by atoms with Crippen LogP contribution in [0.2, 0.25) is 0 Å². The molecule has 1 fully saturated rings. The Morgan fingerprint density at radius 1 is 0.967 bits per heavy atom. The number of carbonyl (C=O) groups excluding carboxylic acids is 4. The van der Waals surface area contributed by atoms with E-state index in [0.717, 1.165) is 16.7 Å². The van der Waals surface area contributed by atoms with Gasteiger partial charge in [0, 0.05) is 19.3 Å². The van der Waals surface area contributed by atoms with Crippen molar-refractivity contribution in [2.75, 3.05) is 0 Å². The van der Waals surface area contributed by atoms with Crippen molar-refractivity contribution in [3.63, 3.8) is 0 Å². The average Bonchev–Trinajstić information content (AvgIpc) is 3.06. The summed E-state index contributed by atoms with van der Waals surface area (Å²) in [4.78, 5) is 53.3. The number of aryl methyl sites for hydroxylation is 1. The van der Waals surface area contributed by atoms with Crippen LogP contribution in [0.25, 0.3) is 0 Å². The normalized spacial score (nSPS) is 14.4. The van der Waals surface area contributed by atoms with E-state index in [1.54, 1.807) is 12.1 Å². The number of ether oxygens (including phenoxy) is 1. The number of hydroxylamine groups is 2. The molecule has 2 aromatic carbocycles. The van der Waals surface area contributed by atoms with Gasteiger partial charge in [0.2, 0.25) is 0 Å². The molecule has 1 aliphatic rings. The third-order valence-corrected chi connectivity index (χ3v) is 4.54. The fourth-order valence-corrected chi connectivity index (χ4v) is 2.87. The summed E-state index contributed by atoms with van der Waals surface area (Å²) in [5, 5.41) is 2.93. The number of nitrogens with one attached hydrogen (secondary N) is 1. The zero-order valence-electron chi connectivity index (χ0n) is 16.5. The number of hydrogen-bond acceptors (Lipinski definition) is 6. The molecule has 3 amide bonds. The topological polar surface area (TPSA) is 102 Å². The fourth-order valence-electron chi connectivity index (χ4n) is 2.87. The number of alkyl carbamates (subject to hydrolysis) is 1. The van der Waals surface area contributed by atoms with E-state index in [2.05, 4.69) is 5.32 Å². The predicted octanol–water partition coefficient (Wildman–Crippen LogP) is 2.44. The SMILES string of the molecule is Cc1ccc(C[C@H](NC(=O)OCc2ccccc2)C(=O)ON2C(=O)CCC2=O)cc1. The summed E-state index contributed by atoms with van der Waals surface area (Å²) in [6.45, 7) is 1.96. The first-order chi connectivity index (χ1) is 14.4. The van der Waals surface area contributed by atoms with Gasteiger partial charge in [0.05, 0.1) is 0 Å². The van der Waals surface area contributed by atoms with Gasteiger partial charge in [-0.25, -0.2) is 9.59 Å². The molecule has 1 N–H and O–H groups in total. The summed E-state index contributed by atoms with van der Waals surface area (Å²) in [5.41, 5.74) is 2.60. The molecule has 0 aliphatic carbocycles. The average molecular weight is 410 g/mol. The Kier molecular flexibility index (Phi) is 6.79. The summed E-state index contributed by atoms with van der Waals surface area (Å²) in [6, 6.07) is 15.3. The molecule has 8 heteroatoms. The monoisotopic (exact) mass is 410 g/mol. The van der Waals surface area contributed by atoms with Gasteiger partial charge in [-0.1, -0.05) is 60.2 Å². The minimum absolute atomic E-state index is 0.0126. The van der Waals surface area contributed by atoms with E-state index in [-0.39, 0.29) is 25.9 Å². The molecule has 1 heterocycles. The van der Waals surface area contributed by atoms with E-state index < -0.39 is 29.9 Å². The van der Waals surface area contributed by atoms with Crippen LogP contribution in [0.5, 0.6) is 0 Å². The summed E-state index contributed by atoms with van der Waals surface area (Å²) < 4.78 is 5.17. The Morgan fingerprint density at radius 2 is 1.60 bits per heavy atom. The van der Waals surface area contributed by atoms with Crippen LogP contribution in [0.15, 0.2) is 54.6 Å². The number of amides is 3. The van der Waals surface area contributed by atoms with Gasteiger partial charge >= 0.3 is 12.1 Å². The molecule has 8 nitrogen and oxygen atoms in total. The van der Waals surface area contributed by atoms with Gasteiger partial charge in [0.1, 0.15) is 12.6 Å². The molecule has 0 bridgehead atoms. The molecule has 1 aliphatic heterocycles. The van der Waals surface area contributed by atoms with E-state index in [4.69, 9.17) is 9.57 Å². The molecule has 3 rings (SSSR count). The maximum absolute atomic E-state index is 12.6. The van der Waals surface area contributed by atoms with Gasteiger partial charge in [-0.05, 0) is 18.1 Å². The fraction of sp³-hybridized carbons (Fsp3) is 0.273. The molecule has 2 aromatic rings. The summed E-state index contributed by atoms with van der Waals surface area (Å²) in [5.74, 6) is -2.10. The highest BCUT2D eigenvalue weighted by Crippen LogP contribution is 2.14. The first-order valence-corrected chi connectivity index (χ1v) is 9.53. The number of hydrogen-bond donors (Lipinski definition) is 1. The molecule has 0 unspecified atom stereocenters. The Labute approximate surface area is 173 Å². The van der Waals surface area contributed by atoms with Gasteiger partial charge in [0.25, 0.3) is 11.8 Å². The number of nitrogens with zero attached hydrogens (tertiary/aromatic N) is 1. The van der Waals surface area contributed by atoms with Crippen molar-refractivity contribution in [3.8, 4) is 0 Å². The van der Waals surface area contributed by atoms with Gasteiger partial charge in [0.15, 0.2) is 0 Å². The van der Waals surface area contributed by atoms with E-state index in [0.29, 0.717) is 5.06 Å². The molecule has 156 valence electrons. The van der Waals surface area contributed by atoms with Crippen LogP contribution in [-0.2, 0) is 37.0 Å². The standard InChI is InChI=1S/C22H22N2O6/c1-15-7-9-16(10-8-15)13-18(21(27)30-24-19(25)11-12-20(24)26)23-22(28)29-14-17-5-3-2-4-6-17/h2-10,18H,11-14H2,1H3,(H,23,28)/t18-/m0/s1.